The van der Waals surface area contributed by atoms with E-state index in [1.54, 1.807) is 38.1 Å². The van der Waals surface area contributed by atoms with Crippen molar-refractivity contribution in [1.29, 1.82) is 0 Å². The molecule has 0 aliphatic rings. The summed E-state index contributed by atoms with van der Waals surface area (Å²) in [4.78, 5) is 8.94. The Labute approximate surface area is 247 Å². The average molecular weight is 628 g/mol. The van der Waals surface area contributed by atoms with Crippen LogP contribution in [0, 0.1) is 11.6 Å². The molecule has 0 fully saturated rings. The summed E-state index contributed by atoms with van der Waals surface area (Å²) < 4.78 is 74.7. The van der Waals surface area contributed by atoms with Crippen molar-refractivity contribution in [2.24, 2.45) is 10.2 Å². The van der Waals surface area contributed by atoms with Crippen LogP contribution in [0.4, 0.5) is 32.1 Å². The Kier molecular flexibility index (Phi) is 9.16. The molecule has 224 valence electrons. The van der Waals surface area contributed by atoms with Crippen molar-refractivity contribution < 1.29 is 25.6 Å². The van der Waals surface area contributed by atoms with Crippen LogP contribution in [0.15, 0.2) is 92.8 Å². The molecule has 0 aliphatic heterocycles. The first-order valence-corrected chi connectivity index (χ1v) is 16.3. The van der Waals surface area contributed by atoms with Crippen LogP contribution >= 0.6 is 0 Å². The lowest BCUT2D eigenvalue weighted by Crippen LogP contribution is -2.07. The van der Waals surface area contributed by atoms with E-state index in [9.17, 15) is 25.6 Å². The van der Waals surface area contributed by atoms with Crippen molar-refractivity contribution in [3.8, 4) is 0 Å². The molecule has 1 aromatic heterocycles. The Balaban J connectivity index is 1.61. The number of hydrogen-bond acceptors (Lipinski definition) is 11. The maximum absolute atomic E-state index is 14.3. The van der Waals surface area contributed by atoms with Gasteiger partial charge in [-0.15, -0.1) is 0 Å². The van der Waals surface area contributed by atoms with Gasteiger partial charge in [-0.25, -0.2) is 25.6 Å². The molecule has 0 bridgehead atoms. The first kappa shape index (κ1) is 31.2. The minimum absolute atomic E-state index is 0.0614. The van der Waals surface area contributed by atoms with Crippen LogP contribution in [0.25, 0.3) is 0 Å². The molecule has 0 saturated heterocycles. The van der Waals surface area contributed by atoms with Crippen LogP contribution in [0.5, 0.6) is 0 Å². The fraction of sp³-hybridized carbons (Fsp3) is 0.143. The monoisotopic (exact) mass is 627 g/mol. The molecule has 1 heterocycles. The number of hydrazone groups is 2. The van der Waals surface area contributed by atoms with Gasteiger partial charge in [0.15, 0.2) is 31.3 Å². The van der Waals surface area contributed by atoms with Crippen LogP contribution in [0.1, 0.15) is 25.0 Å². The van der Waals surface area contributed by atoms with E-state index in [0.29, 0.717) is 22.6 Å². The summed E-state index contributed by atoms with van der Waals surface area (Å²) in [5.74, 6) is -1.30. The average Bonchev–Trinajstić information content (AvgIpc) is 2.95. The molecule has 15 heteroatoms. The lowest BCUT2D eigenvalue weighted by atomic mass is 10.1. The zero-order chi connectivity index (χ0) is 31.4. The highest BCUT2D eigenvalue weighted by Gasteiger charge is 2.11. The summed E-state index contributed by atoms with van der Waals surface area (Å²) in [5.41, 5.74) is 7.86. The first-order valence-electron chi connectivity index (χ1n) is 12.5. The second-order valence-corrected chi connectivity index (χ2v) is 13.5. The molecule has 4 aromatic rings. The molecular formula is C28H27F2N7O4S2. The molecule has 43 heavy (non-hydrogen) atoms. The van der Waals surface area contributed by atoms with Gasteiger partial charge in [-0.1, -0.05) is 24.3 Å². The molecule has 4 rings (SSSR count). The van der Waals surface area contributed by atoms with E-state index in [-0.39, 0.29) is 33.1 Å². The van der Waals surface area contributed by atoms with E-state index in [0.717, 1.165) is 24.6 Å². The summed E-state index contributed by atoms with van der Waals surface area (Å²) >= 11 is 0. The quantitative estimate of drug-likeness (QED) is 0.163. The minimum Gasteiger partial charge on any atom is -0.322 e. The fourth-order valence-electron chi connectivity index (χ4n) is 3.63. The number of aromatic nitrogens is 2. The highest BCUT2D eigenvalue weighted by Crippen LogP contribution is 2.22. The topological polar surface area (TPSA) is 155 Å². The molecule has 0 spiro atoms. The van der Waals surface area contributed by atoms with Crippen LogP contribution in [0.3, 0.4) is 0 Å². The first-order chi connectivity index (χ1) is 20.2. The normalized spacial score (nSPS) is 12.6. The maximum atomic E-state index is 14.3. The van der Waals surface area contributed by atoms with Crippen molar-refractivity contribution in [3.05, 3.63) is 95.6 Å². The van der Waals surface area contributed by atoms with Crippen LogP contribution < -0.4 is 16.2 Å². The van der Waals surface area contributed by atoms with Gasteiger partial charge < -0.3 is 5.32 Å². The van der Waals surface area contributed by atoms with Crippen LogP contribution in [0.2, 0.25) is 0 Å². The third kappa shape index (κ3) is 8.39. The fourth-order valence-corrected chi connectivity index (χ4v) is 4.89. The number of rotatable bonds is 10. The van der Waals surface area contributed by atoms with Crippen LogP contribution in [-0.4, -0.2) is 50.7 Å². The predicted molar refractivity (Wildman–Crippen MR) is 162 cm³/mol. The maximum Gasteiger partial charge on any atom is 0.231 e. The Morgan fingerprint density at radius 3 is 1.51 bits per heavy atom. The second kappa shape index (κ2) is 12.6. The molecule has 0 aliphatic carbocycles. The van der Waals surface area contributed by atoms with E-state index in [2.05, 4.69) is 36.3 Å². The van der Waals surface area contributed by atoms with Gasteiger partial charge in [-0.05, 0) is 61.4 Å². The van der Waals surface area contributed by atoms with E-state index in [1.807, 2.05) is 0 Å². The molecule has 0 unspecified atom stereocenters. The summed E-state index contributed by atoms with van der Waals surface area (Å²) in [6.45, 7) is 3.41. The van der Waals surface area contributed by atoms with E-state index in [1.165, 1.54) is 36.4 Å². The predicted octanol–water partition coefficient (Wildman–Crippen LogP) is 4.98. The molecule has 3 aromatic carbocycles. The lowest BCUT2D eigenvalue weighted by Gasteiger charge is -2.11. The minimum atomic E-state index is -3.35. The van der Waals surface area contributed by atoms with Crippen molar-refractivity contribution in [2.45, 2.75) is 23.6 Å². The SMILES string of the molecule is CC(=NNc1cc(NN=C(C)c2ccc(S(C)(=O)=O)cc2)nc(Nc2ccc(F)cc2F)n1)c1ccc(S(C)(=O)=O)cc1. The van der Waals surface area contributed by atoms with Crippen molar-refractivity contribution in [3.63, 3.8) is 0 Å². The molecule has 0 saturated carbocycles. The van der Waals surface area contributed by atoms with Gasteiger partial charge in [-0.3, -0.25) is 10.9 Å². The standard InChI is InChI=1S/C28H27F2N7O4S2/c1-17(19-5-10-22(11-6-19)42(3,38)39)34-36-26-16-27(33-28(32-26)31-25-14-9-21(29)15-24(25)30)37-35-18(2)20-7-12-23(13-8-20)43(4,40)41/h5-16H,1-4H3,(H3,31,32,33,36,37). The number of nitrogens with one attached hydrogen (secondary N) is 3. The van der Waals surface area contributed by atoms with Crippen molar-refractivity contribution in [2.75, 3.05) is 28.7 Å². The van der Waals surface area contributed by atoms with Crippen molar-refractivity contribution >= 4 is 54.4 Å². The van der Waals surface area contributed by atoms with Gasteiger partial charge in [-0.2, -0.15) is 20.2 Å². The van der Waals surface area contributed by atoms with Crippen LogP contribution in [-0.2, 0) is 19.7 Å². The number of anilines is 4. The number of nitrogens with zero attached hydrogens (tertiary/aromatic N) is 4. The van der Waals surface area contributed by atoms with Gasteiger partial charge in [0.1, 0.15) is 11.6 Å². The van der Waals surface area contributed by atoms with Gasteiger partial charge in [0.2, 0.25) is 5.95 Å². The molecular weight excluding hydrogens is 600 g/mol. The van der Waals surface area contributed by atoms with E-state index < -0.39 is 31.3 Å². The molecule has 0 atom stereocenters. The lowest BCUT2D eigenvalue weighted by molar-refractivity contribution is 0.585. The number of hydrogen-bond donors (Lipinski definition) is 3. The van der Waals surface area contributed by atoms with Crippen molar-refractivity contribution in [1.82, 2.24) is 9.97 Å². The zero-order valence-corrected chi connectivity index (χ0v) is 25.1. The molecule has 0 amide bonds. The number of halogens is 2. The smallest absolute Gasteiger partial charge is 0.231 e. The summed E-state index contributed by atoms with van der Waals surface area (Å²) in [6, 6.07) is 16.9. The number of sulfone groups is 2. The zero-order valence-electron chi connectivity index (χ0n) is 23.4. The van der Waals surface area contributed by atoms with Gasteiger partial charge in [0.05, 0.1) is 26.9 Å². The van der Waals surface area contributed by atoms with E-state index >= 15 is 0 Å². The van der Waals surface area contributed by atoms with Gasteiger partial charge in [0, 0.05) is 24.6 Å². The Hall–Kier alpha value is -4.76. The summed E-state index contributed by atoms with van der Waals surface area (Å²) in [6.07, 6.45) is 2.24. The number of benzene rings is 3. The third-order valence-corrected chi connectivity index (χ3v) is 8.24. The van der Waals surface area contributed by atoms with E-state index in [4.69, 9.17) is 0 Å². The summed E-state index contributed by atoms with van der Waals surface area (Å²) in [7, 11) is -6.70. The van der Waals surface area contributed by atoms with Gasteiger partial charge >= 0.3 is 0 Å². The van der Waals surface area contributed by atoms with Gasteiger partial charge in [0.25, 0.3) is 0 Å². The highest BCUT2D eigenvalue weighted by molar-refractivity contribution is 7.91. The Morgan fingerprint density at radius 1 is 0.674 bits per heavy atom. The molecule has 0 radical (unpaired) electrons. The largest absolute Gasteiger partial charge is 0.322 e. The summed E-state index contributed by atoms with van der Waals surface area (Å²) in [5, 5.41) is 11.3. The third-order valence-electron chi connectivity index (χ3n) is 5.98. The molecule has 11 nitrogen and oxygen atoms in total. The highest BCUT2D eigenvalue weighted by atomic mass is 32.2. The molecule has 3 N–H and O–H groups in total. The Bertz CT molecular complexity index is 1820. The Morgan fingerprint density at radius 2 is 1.12 bits per heavy atom. The second-order valence-electron chi connectivity index (χ2n) is 9.42.